The number of nitrogens with zero attached hydrogens (tertiary/aromatic N) is 4. The lowest BCUT2D eigenvalue weighted by Crippen LogP contribution is -2.52. The summed E-state index contributed by atoms with van der Waals surface area (Å²) in [6, 6.07) is 4.24. The van der Waals surface area contributed by atoms with E-state index in [1.165, 1.54) is 6.07 Å². The fourth-order valence-corrected chi connectivity index (χ4v) is 2.69. The first-order valence-corrected chi connectivity index (χ1v) is 7.96. The molecule has 0 aliphatic carbocycles. The van der Waals surface area contributed by atoms with Crippen LogP contribution in [0.25, 0.3) is 5.43 Å². The first-order chi connectivity index (χ1) is 12.2. The molecule has 0 bridgehead atoms. The highest BCUT2D eigenvalue weighted by molar-refractivity contribution is 9.10. The van der Waals surface area contributed by atoms with Gasteiger partial charge in [-0.2, -0.15) is 8.78 Å². The van der Waals surface area contributed by atoms with Gasteiger partial charge < -0.3 is 20.8 Å². The zero-order valence-corrected chi connectivity index (χ0v) is 14.5. The third-order valence-electron chi connectivity index (χ3n) is 3.75. The van der Waals surface area contributed by atoms with Crippen LogP contribution in [-0.2, 0) is 11.5 Å². The molecule has 6 nitrogen and oxygen atoms in total. The summed E-state index contributed by atoms with van der Waals surface area (Å²) in [4.78, 5) is 3.61. The number of alkyl halides is 2. The monoisotopic (exact) mass is 432 g/mol. The number of hydrazone groups is 1. The Morgan fingerprint density at radius 3 is 2.58 bits per heavy atom. The predicted octanol–water partition coefficient (Wildman–Crippen LogP) is 3.15. The molecule has 0 spiro atoms. The van der Waals surface area contributed by atoms with Gasteiger partial charge in [0.1, 0.15) is 17.3 Å². The second-order valence-corrected chi connectivity index (χ2v) is 6.35. The van der Waals surface area contributed by atoms with Gasteiger partial charge in [0, 0.05) is 22.3 Å². The first kappa shape index (κ1) is 18.5. The molecule has 1 unspecified atom stereocenters. The van der Waals surface area contributed by atoms with Crippen molar-refractivity contribution in [1.29, 1.82) is 0 Å². The van der Waals surface area contributed by atoms with E-state index in [2.05, 4.69) is 37.0 Å². The highest BCUT2D eigenvalue weighted by Crippen LogP contribution is 2.46. The molecule has 2 N–H and O–H groups in total. The van der Waals surface area contributed by atoms with E-state index in [1.54, 1.807) is 0 Å². The second-order valence-electron chi connectivity index (χ2n) is 5.44. The van der Waals surface area contributed by atoms with Crippen molar-refractivity contribution in [1.82, 2.24) is 15.6 Å². The average Bonchev–Trinajstić information content (AvgIpc) is 3.07. The summed E-state index contributed by atoms with van der Waals surface area (Å²) in [6.07, 6.45) is 2.14. The Bertz CT molecular complexity index is 835. The Morgan fingerprint density at radius 1 is 1.23 bits per heavy atom. The average molecular weight is 433 g/mol. The van der Waals surface area contributed by atoms with E-state index in [1.807, 2.05) is 0 Å². The minimum atomic E-state index is -4.05. The largest absolute Gasteiger partial charge is 0.389 e. The van der Waals surface area contributed by atoms with Crippen LogP contribution in [0.5, 0.6) is 0 Å². The van der Waals surface area contributed by atoms with Crippen LogP contribution < -0.4 is 5.53 Å². The maximum absolute atomic E-state index is 15.2. The van der Waals surface area contributed by atoms with Gasteiger partial charge in [-0.3, -0.25) is 4.98 Å². The van der Waals surface area contributed by atoms with Crippen molar-refractivity contribution in [3.63, 3.8) is 0 Å². The highest BCUT2D eigenvalue weighted by Gasteiger charge is 2.58. The first-order valence-electron chi connectivity index (χ1n) is 7.17. The second kappa shape index (κ2) is 6.82. The van der Waals surface area contributed by atoms with Crippen molar-refractivity contribution < 1.29 is 22.7 Å². The van der Waals surface area contributed by atoms with Gasteiger partial charge in [0.15, 0.2) is 5.60 Å². The molecule has 0 amide bonds. The number of hydrogen-bond donors (Lipinski definition) is 2. The Morgan fingerprint density at radius 2 is 2.00 bits per heavy atom. The summed E-state index contributed by atoms with van der Waals surface area (Å²) in [7, 11) is 0. The summed E-state index contributed by atoms with van der Waals surface area (Å²) in [6.45, 7) is -0.889. The van der Waals surface area contributed by atoms with Gasteiger partial charge in [-0.1, -0.05) is 6.34 Å². The number of benzene rings is 1. The van der Waals surface area contributed by atoms with E-state index in [-0.39, 0.29) is 0 Å². The summed E-state index contributed by atoms with van der Waals surface area (Å²) in [5.74, 6) is -6.35. The van der Waals surface area contributed by atoms with Crippen LogP contribution in [0.4, 0.5) is 17.6 Å². The van der Waals surface area contributed by atoms with Crippen molar-refractivity contribution in [3.8, 4) is 0 Å². The van der Waals surface area contributed by atoms with Crippen molar-refractivity contribution >= 4 is 22.3 Å². The summed E-state index contributed by atoms with van der Waals surface area (Å²) in [5.41, 5.74) is 1.03. The molecule has 0 saturated heterocycles. The van der Waals surface area contributed by atoms with Crippen molar-refractivity contribution in [2.75, 3.05) is 6.54 Å². The minimum Gasteiger partial charge on any atom is -0.389 e. The summed E-state index contributed by atoms with van der Waals surface area (Å²) >= 11 is 3.08. The molecule has 2 heterocycles. The molecule has 1 atom stereocenters. The molecule has 1 aliphatic rings. The molecule has 0 fully saturated rings. The normalized spacial score (nSPS) is 16.5. The maximum atomic E-state index is 15.2. The Labute approximate surface area is 153 Å². The van der Waals surface area contributed by atoms with Gasteiger partial charge in [0.25, 0.3) is 0 Å². The SMILES string of the molecule is OC(CN1N=C[N-]N1)(c1ccc(F)cc1F)C(F)(F)c1ccc(Br)cn1. The molecule has 138 valence electrons. The van der Waals surface area contributed by atoms with Gasteiger partial charge in [-0.15, -0.1) is 0 Å². The minimum absolute atomic E-state index is 0.413. The lowest BCUT2D eigenvalue weighted by molar-refractivity contribution is -0.210. The molecule has 2 aromatic rings. The lowest BCUT2D eigenvalue weighted by Gasteiger charge is -2.39. The van der Waals surface area contributed by atoms with Gasteiger partial charge >= 0.3 is 5.92 Å². The van der Waals surface area contributed by atoms with Crippen LogP contribution >= 0.6 is 15.9 Å². The van der Waals surface area contributed by atoms with Gasteiger partial charge in [-0.05, 0) is 40.2 Å². The molecule has 0 saturated carbocycles. The smallest absolute Gasteiger partial charge is 0.323 e. The number of aromatic nitrogens is 1. The predicted molar refractivity (Wildman–Crippen MR) is 87.8 cm³/mol. The van der Waals surface area contributed by atoms with Gasteiger partial charge in [0.2, 0.25) is 0 Å². The molecule has 26 heavy (non-hydrogen) atoms. The number of hydrazine groups is 1. The van der Waals surface area contributed by atoms with E-state index in [4.69, 9.17) is 0 Å². The van der Waals surface area contributed by atoms with E-state index < -0.39 is 41.0 Å². The zero-order valence-electron chi connectivity index (χ0n) is 12.9. The lowest BCUT2D eigenvalue weighted by atomic mass is 9.84. The van der Waals surface area contributed by atoms with E-state index in [9.17, 15) is 13.9 Å². The molecule has 0 radical (unpaired) electrons. The fourth-order valence-electron chi connectivity index (χ4n) is 2.45. The summed E-state index contributed by atoms with van der Waals surface area (Å²) in [5, 5.41) is 15.3. The van der Waals surface area contributed by atoms with E-state index in [0.29, 0.717) is 10.5 Å². The van der Waals surface area contributed by atoms with Crippen molar-refractivity contribution in [2.24, 2.45) is 5.10 Å². The Balaban J connectivity index is 2.12. The number of nitrogens with one attached hydrogen (secondary N) is 1. The van der Waals surface area contributed by atoms with Crippen LogP contribution in [0, 0.1) is 11.6 Å². The third kappa shape index (κ3) is 3.24. The number of halogens is 5. The summed E-state index contributed by atoms with van der Waals surface area (Å²) < 4.78 is 58.4. The van der Waals surface area contributed by atoms with Crippen LogP contribution in [-0.4, -0.2) is 28.1 Å². The molecular weight excluding hydrogens is 422 g/mol. The molecule has 1 aromatic heterocycles. The van der Waals surface area contributed by atoms with Crippen molar-refractivity contribution in [3.05, 3.63) is 69.3 Å². The number of hydrogen-bond acceptors (Lipinski definition) is 5. The number of aliphatic hydroxyl groups is 1. The molecular formula is C15H11BrF4N5O-. The third-order valence-corrected chi connectivity index (χ3v) is 4.21. The van der Waals surface area contributed by atoms with Gasteiger partial charge in [-0.25, -0.2) is 14.3 Å². The quantitative estimate of drug-likeness (QED) is 0.711. The zero-order chi connectivity index (χ0) is 18.9. The molecule has 1 aliphatic heterocycles. The number of β-amino-alcohol motifs (C(OH)–C–C–N with tert-alkyl or cyclic N) is 1. The van der Waals surface area contributed by atoms with Crippen LogP contribution in [0.2, 0.25) is 0 Å². The number of rotatable bonds is 5. The van der Waals surface area contributed by atoms with Crippen molar-refractivity contribution in [2.45, 2.75) is 11.5 Å². The molecule has 1 aromatic carbocycles. The standard InChI is InChI=1S/C15H11BrF4N5O/c16-9-1-4-13(21-6-9)15(19,20)14(26,7-25-23-8-22-24-25)11-3-2-10(17)5-12(11)18/h1-6,8,24,26H,7H2/q-1. The van der Waals surface area contributed by atoms with Crippen LogP contribution in [0.3, 0.4) is 0 Å². The Hall–Kier alpha value is -2.24. The van der Waals surface area contributed by atoms with Gasteiger partial charge in [0.05, 0.1) is 6.54 Å². The fraction of sp³-hybridized carbons (Fsp3) is 0.200. The highest BCUT2D eigenvalue weighted by atomic mass is 79.9. The Kier molecular flexibility index (Phi) is 4.86. The molecule has 11 heteroatoms. The maximum Gasteiger partial charge on any atom is 0.323 e. The number of pyridine rings is 1. The van der Waals surface area contributed by atoms with E-state index >= 15 is 8.78 Å². The molecule has 3 rings (SSSR count). The van der Waals surface area contributed by atoms with Crippen LogP contribution in [0.15, 0.2) is 46.1 Å². The van der Waals surface area contributed by atoms with Crippen LogP contribution in [0.1, 0.15) is 11.3 Å². The topological polar surface area (TPSA) is 74.8 Å². The van der Waals surface area contributed by atoms with E-state index in [0.717, 1.165) is 35.9 Å².